The molecule has 6 rings (SSSR count). The second-order valence-corrected chi connectivity index (χ2v) is 8.00. The Morgan fingerprint density at radius 2 is 1.75 bits per heavy atom. The molecule has 4 heterocycles. The summed E-state index contributed by atoms with van der Waals surface area (Å²) in [6.07, 6.45) is 4.75. The van der Waals surface area contributed by atoms with Crippen molar-refractivity contribution in [2.24, 2.45) is 11.8 Å². The Hall–Kier alpha value is -1.55. The van der Waals surface area contributed by atoms with Crippen LogP contribution >= 0.6 is 0 Å². The highest BCUT2D eigenvalue weighted by molar-refractivity contribution is 5.82. The van der Waals surface area contributed by atoms with Gasteiger partial charge < -0.3 is 9.64 Å². The van der Waals surface area contributed by atoms with Gasteiger partial charge in [0, 0.05) is 24.4 Å². The zero-order chi connectivity index (χ0) is 16.3. The molecule has 1 aliphatic carbocycles. The summed E-state index contributed by atoms with van der Waals surface area (Å²) < 4.78 is 5.31. The van der Waals surface area contributed by atoms with Gasteiger partial charge >= 0.3 is 0 Å². The minimum absolute atomic E-state index is 0.329. The van der Waals surface area contributed by atoms with Crippen LogP contribution in [0.25, 0.3) is 0 Å². The molecule has 0 radical (unpaired) electrons. The fraction of sp³-hybridized carbons (Fsp3) is 0.650. The number of rotatable bonds is 3. The van der Waals surface area contributed by atoms with E-state index in [9.17, 15) is 4.79 Å². The van der Waals surface area contributed by atoms with Crippen molar-refractivity contribution in [2.75, 3.05) is 26.7 Å². The van der Waals surface area contributed by atoms with Crippen LogP contribution in [0.5, 0.6) is 5.75 Å². The van der Waals surface area contributed by atoms with E-state index in [0.717, 1.165) is 25.1 Å². The normalized spacial score (nSPS) is 37.4. The molecule has 3 atom stereocenters. The summed E-state index contributed by atoms with van der Waals surface area (Å²) >= 11 is 0. The summed E-state index contributed by atoms with van der Waals surface area (Å²) in [6, 6.07) is 9.50. The van der Waals surface area contributed by atoms with Gasteiger partial charge in [0.2, 0.25) is 5.91 Å². The van der Waals surface area contributed by atoms with Gasteiger partial charge in [0.1, 0.15) is 5.75 Å². The van der Waals surface area contributed by atoms with Gasteiger partial charge in [-0.3, -0.25) is 9.69 Å². The Bertz CT molecular complexity index is 632. The van der Waals surface area contributed by atoms with Gasteiger partial charge in [0.15, 0.2) is 0 Å². The van der Waals surface area contributed by atoms with E-state index in [2.05, 4.69) is 34.1 Å². The van der Waals surface area contributed by atoms with Crippen molar-refractivity contribution in [2.45, 2.75) is 43.7 Å². The Morgan fingerprint density at radius 3 is 2.38 bits per heavy atom. The summed E-state index contributed by atoms with van der Waals surface area (Å²) in [6.45, 7) is 3.33. The molecule has 1 amide bonds. The highest BCUT2D eigenvalue weighted by Gasteiger charge is 2.55. The molecule has 0 unspecified atom stereocenters. The number of hydrogen-bond donors (Lipinski definition) is 0. The predicted octanol–water partition coefficient (Wildman–Crippen LogP) is 2.49. The van der Waals surface area contributed by atoms with Crippen LogP contribution in [0.15, 0.2) is 24.3 Å². The van der Waals surface area contributed by atoms with Crippen molar-refractivity contribution >= 4 is 5.91 Å². The average molecular weight is 326 g/mol. The second kappa shape index (κ2) is 5.48. The minimum atomic E-state index is 0.329. The quantitative estimate of drug-likeness (QED) is 0.855. The molecule has 0 spiro atoms. The summed E-state index contributed by atoms with van der Waals surface area (Å²) in [5.41, 5.74) is 1.37. The van der Waals surface area contributed by atoms with Gasteiger partial charge in [-0.2, -0.15) is 0 Å². The van der Waals surface area contributed by atoms with E-state index in [-0.39, 0.29) is 0 Å². The molecular weight excluding hydrogens is 300 g/mol. The lowest BCUT2D eigenvalue weighted by Crippen LogP contribution is -2.60. The standard InChI is InChI=1S/C20H26N2O2/c1-24-16-6-4-13(5-7-16)17-12-22(20(23)15-2-3-15)18-14-8-10-21(11-9-14)19(17)18/h4-7,14-15,17-19H,2-3,8-12H2,1H3/t17-,18+,19+/m0/s1. The van der Waals surface area contributed by atoms with E-state index in [1.165, 1.54) is 31.5 Å². The number of nitrogens with zero attached hydrogens (tertiary/aromatic N) is 2. The third kappa shape index (κ3) is 2.19. The van der Waals surface area contributed by atoms with E-state index < -0.39 is 0 Å². The first-order valence-electron chi connectivity index (χ1n) is 9.45. The Morgan fingerprint density at radius 1 is 1.04 bits per heavy atom. The third-order valence-corrected chi connectivity index (χ3v) is 6.75. The van der Waals surface area contributed by atoms with Crippen molar-refractivity contribution in [1.82, 2.24) is 9.80 Å². The van der Waals surface area contributed by atoms with Crippen LogP contribution in [0.2, 0.25) is 0 Å². The number of amides is 1. The average Bonchev–Trinajstić information content (AvgIpc) is 3.41. The number of methoxy groups -OCH3 is 1. The van der Waals surface area contributed by atoms with E-state index in [1.807, 2.05) is 0 Å². The molecule has 4 heteroatoms. The van der Waals surface area contributed by atoms with Crippen LogP contribution in [0, 0.1) is 11.8 Å². The van der Waals surface area contributed by atoms with Crippen LogP contribution in [0.3, 0.4) is 0 Å². The molecule has 1 aromatic carbocycles. The van der Waals surface area contributed by atoms with E-state index >= 15 is 0 Å². The van der Waals surface area contributed by atoms with Crippen LogP contribution in [0.1, 0.15) is 37.2 Å². The van der Waals surface area contributed by atoms with Crippen LogP contribution < -0.4 is 4.74 Å². The number of fused-ring (bicyclic) bond motifs is 2. The van der Waals surface area contributed by atoms with Gasteiger partial charge in [0.05, 0.1) is 13.2 Å². The molecule has 1 aromatic rings. The minimum Gasteiger partial charge on any atom is -0.497 e. The lowest BCUT2D eigenvalue weighted by molar-refractivity contribution is -0.137. The predicted molar refractivity (Wildman–Crippen MR) is 92.0 cm³/mol. The van der Waals surface area contributed by atoms with Gasteiger partial charge in [-0.15, -0.1) is 0 Å². The topological polar surface area (TPSA) is 32.8 Å². The van der Waals surface area contributed by atoms with Crippen molar-refractivity contribution in [3.05, 3.63) is 29.8 Å². The number of ether oxygens (including phenoxy) is 1. The number of carbonyl (C=O) groups is 1. The summed E-state index contributed by atoms with van der Waals surface area (Å²) in [5, 5.41) is 0. The van der Waals surface area contributed by atoms with Gasteiger partial charge in [-0.25, -0.2) is 0 Å². The number of likely N-dealkylation sites (tertiary alicyclic amines) is 1. The first kappa shape index (κ1) is 14.8. The van der Waals surface area contributed by atoms with E-state index in [1.54, 1.807) is 7.11 Å². The molecule has 4 saturated heterocycles. The van der Waals surface area contributed by atoms with Gasteiger partial charge in [-0.1, -0.05) is 12.1 Å². The zero-order valence-electron chi connectivity index (χ0n) is 14.4. The Balaban J connectivity index is 1.49. The maximum absolute atomic E-state index is 12.9. The monoisotopic (exact) mass is 326 g/mol. The maximum atomic E-state index is 12.9. The van der Waals surface area contributed by atoms with Crippen LogP contribution in [0.4, 0.5) is 0 Å². The summed E-state index contributed by atoms with van der Waals surface area (Å²) in [4.78, 5) is 17.9. The highest BCUT2D eigenvalue weighted by Crippen LogP contribution is 2.48. The molecule has 4 nitrogen and oxygen atoms in total. The molecule has 5 aliphatic rings. The molecule has 0 N–H and O–H groups in total. The van der Waals surface area contributed by atoms with Crippen molar-refractivity contribution in [3.63, 3.8) is 0 Å². The lowest BCUT2D eigenvalue weighted by Gasteiger charge is -2.51. The number of benzene rings is 1. The first-order valence-corrected chi connectivity index (χ1v) is 9.45. The van der Waals surface area contributed by atoms with Crippen molar-refractivity contribution in [3.8, 4) is 5.75 Å². The molecule has 128 valence electrons. The number of carbonyl (C=O) groups excluding carboxylic acids is 1. The van der Waals surface area contributed by atoms with Gasteiger partial charge in [0.25, 0.3) is 0 Å². The lowest BCUT2D eigenvalue weighted by atomic mass is 9.75. The number of piperidine rings is 3. The molecular formula is C20H26N2O2. The molecule has 4 aliphatic heterocycles. The molecule has 2 bridgehead atoms. The Labute approximate surface area is 143 Å². The smallest absolute Gasteiger partial charge is 0.226 e. The largest absolute Gasteiger partial charge is 0.497 e. The second-order valence-electron chi connectivity index (χ2n) is 8.00. The summed E-state index contributed by atoms with van der Waals surface area (Å²) in [7, 11) is 1.71. The third-order valence-electron chi connectivity index (χ3n) is 6.75. The zero-order valence-corrected chi connectivity index (χ0v) is 14.4. The Kier molecular flexibility index (Phi) is 3.37. The van der Waals surface area contributed by atoms with Crippen molar-refractivity contribution in [1.29, 1.82) is 0 Å². The fourth-order valence-electron chi connectivity index (χ4n) is 5.38. The van der Waals surface area contributed by atoms with E-state index in [4.69, 9.17) is 4.74 Å². The van der Waals surface area contributed by atoms with E-state index in [0.29, 0.717) is 35.7 Å². The van der Waals surface area contributed by atoms with Gasteiger partial charge in [-0.05, 0) is 62.4 Å². The maximum Gasteiger partial charge on any atom is 0.226 e. The number of hydrogen-bond acceptors (Lipinski definition) is 3. The highest BCUT2D eigenvalue weighted by atomic mass is 16.5. The SMILES string of the molecule is COc1ccc([C@@H]2CN(C(=O)C3CC3)[C@@H]3C4CCN(CC4)[C@@H]32)cc1. The molecule has 1 saturated carbocycles. The van der Waals surface area contributed by atoms with Crippen LogP contribution in [-0.2, 0) is 4.79 Å². The van der Waals surface area contributed by atoms with Crippen LogP contribution in [-0.4, -0.2) is 54.5 Å². The molecule has 24 heavy (non-hydrogen) atoms. The summed E-state index contributed by atoms with van der Waals surface area (Å²) in [5.74, 6) is 2.84. The van der Waals surface area contributed by atoms with Crippen molar-refractivity contribution < 1.29 is 9.53 Å². The fourth-order valence-corrected chi connectivity index (χ4v) is 5.38. The first-order chi connectivity index (χ1) is 11.8. The molecule has 5 fully saturated rings. The molecule has 0 aromatic heterocycles.